The number of hydrogen-bond acceptors (Lipinski definition) is 5. The number of nitro groups is 1. The van der Waals surface area contributed by atoms with Gasteiger partial charge in [0.15, 0.2) is 0 Å². The number of benzene rings is 1. The first-order chi connectivity index (χ1) is 9.50. The van der Waals surface area contributed by atoms with Crippen LogP contribution in [-0.4, -0.2) is 41.4 Å². The minimum absolute atomic E-state index is 0.114. The number of nitrogens with two attached hydrogens (primary N) is 1. The van der Waals surface area contributed by atoms with E-state index in [9.17, 15) is 19.3 Å². The second kappa shape index (κ2) is 5.93. The van der Waals surface area contributed by atoms with Gasteiger partial charge in [-0.2, -0.15) is 4.39 Å². The van der Waals surface area contributed by atoms with Crippen molar-refractivity contribution in [2.45, 2.75) is 12.6 Å². The number of nitrogens with zero attached hydrogens (tertiary/aromatic N) is 2. The lowest BCUT2D eigenvalue weighted by Gasteiger charge is -2.34. The third-order valence-electron chi connectivity index (χ3n) is 3.31. The third kappa shape index (κ3) is 2.91. The molecular formula is C12H15FN4O3. The molecule has 1 unspecified atom stereocenters. The van der Waals surface area contributed by atoms with Crippen LogP contribution < -0.4 is 11.1 Å². The summed E-state index contributed by atoms with van der Waals surface area (Å²) in [5.41, 5.74) is 4.93. The monoisotopic (exact) mass is 282 g/mol. The van der Waals surface area contributed by atoms with Crippen LogP contribution in [0.15, 0.2) is 18.2 Å². The zero-order valence-corrected chi connectivity index (χ0v) is 10.7. The number of carbonyl (C=O) groups is 1. The zero-order chi connectivity index (χ0) is 14.7. The van der Waals surface area contributed by atoms with E-state index in [1.165, 1.54) is 12.1 Å². The van der Waals surface area contributed by atoms with Gasteiger partial charge < -0.3 is 11.1 Å². The summed E-state index contributed by atoms with van der Waals surface area (Å²) < 4.78 is 14.0. The molecule has 7 nitrogen and oxygen atoms in total. The Morgan fingerprint density at radius 3 is 3.00 bits per heavy atom. The predicted molar refractivity (Wildman–Crippen MR) is 69.3 cm³/mol. The molecule has 1 heterocycles. The van der Waals surface area contributed by atoms with Crippen molar-refractivity contribution < 1.29 is 14.1 Å². The van der Waals surface area contributed by atoms with E-state index in [1.54, 1.807) is 4.90 Å². The van der Waals surface area contributed by atoms with E-state index in [-0.39, 0.29) is 12.1 Å². The van der Waals surface area contributed by atoms with Crippen LogP contribution in [0.25, 0.3) is 0 Å². The molecule has 108 valence electrons. The summed E-state index contributed by atoms with van der Waals surface area (Å²) in [5.74, 6) is -1.36. The maximum Gasteiger partial charge on any atom is 0.305 e. The van der Waals surface area contributed by atoms with Crippen molar-refractivity contribution in [3.05, 3.63) is 39.7 Å². The molecule has 1 aliphatic rings. The smallest absolute Gasteiger partial charge is 0.305 e. The molecule has 1 saturated heterocycles. The molecular weight excluding hydrogens is 267 g/mol. The fraction of sp³-hybridized carbons (Fsp3) is 0.417. The van der Waals surface area contributed by atoms with Gasteiger partial charge in [0.1, 0.15) is 6.04 Å². The summed E-state index contributed by atoms with van der Waals surface area (Å²) in [7, 11) is 0. The Bertz CT molecular complexity index is 537. The highest BCUT2D eigenvalue weighted by atomic mass is 19.1. The van der Waals surface area contributed by atoms with Crippen LogP contribution in [0.1, 0.15) is 5.56 Å². The van der Waals surface area contributed by atoms with Gasteiger partial charge in [-0.05, 0) is 0 Å². The van der Waals surface area contributed by atoms with Crippen molar-refractivity contribution >= 4 is 11.6 Å². The molecule has 1 aliphatic heterocycles. The molecule has 1 aromatic rings. The van der Waals surface area contributed by atoms with Gasteiger partial charge >= 0.3 is 5.69 Å². The number of carbonyl (C=O) groups excluding carboxylic acids is 1. The molecule has 1 aromatic carbocycles. The summed E-state index contributed by atoms with van der Waals surface area (Å²) in [4.78, 5) is 23.0. The molecule has 0 saturated carbocycles. The number of hydrogen-bond donors (Lipinski definition) is 2. The molecule has 2 rings (SSSR count). The maximum atomic E-state index is 14.0. The average molecular weight is 282 g/mol. The van der Waals surface area contributed by atoms with Crippen LogP contribution >= 0.6 is 0 Å². The first-order valence-electron chi connectivity index (χ1n) is 6.16. The van der Waals surface area contributed by atoms with E-state index in [4.69, 9.17) is 5.73 Å². The molecule has 1 amide bonds. The lowest BCUT2D eigenvalue weighted by Crippen LogP contribution is -2.56. The van der Waals surface area contributed by atoms with Crippen LogP contribution in [0.4, 0.5) is 10.1 Å². The Labute approximate surface area is 114 Å². The van der Waals surface area contributed by atoms with E-state index in [1.807, 2.05) is 0 Å². The Hall–Kier alpha value is -2.06. The fourth-order valence-corrected chi connectivity index (χ4v) is 2.26. The van der Waals surface area contributed by atoms with Crippen molar-refractivity contribution in [3.8, 4) is 0 Å². The fourth-order valence-electron chi connectivity index (χ4n) is 2.26. The van der Waals surface area contributed by atoms with Gasteiger partial charge in [-0.25, -0.2) is 0 Å². The molecule has 0 aromatic heterocycles. The number of nitro benzene ring substituents is 1. The molecule has 8 heteroatoms. The van der Waals surface area contributed by atoms with Gasteiger partial charge in [-0.3, -0.25) is 19.8 Å². The minimum atomic E-state index is -0.862. The summed E-state index contributed by atoms with van der Waals surface area (Å²) in [5, 5.41) is 13.7. The van der Waals surface area contributed by atoms with Crippen molar-refractivity contribution in [1.82, 2.24) is 10.2 Å². The molecule has 20 heavy (non-hydrogen) atoms. The van der Waals surface area contributed by atoms with Crippen LogP contribution in [0.2, 0.25) is 0 Å². The number of primary amides is 1. The first kappa shape index (κ1) is 14.4. The number of rotatable bonds is 4. The largest absolute Gasteiger partial charge is 0.368 e. The van der Waals surface area contributed by atoms with Crippen molar-refractivity contribution in [2.75, 3.05) is 19.6 Å². The zero-order valence-electron chi connectivity index (χ0n) is 10.7. The van der Waals surface area contributed by atoms with E-state index >= 15 is 0 Å². The Morgan fingerprint density at radius 2 is 2.35 bits per heavy atom. The Morgan fingerprint density at radius 1 is 1.60 bits per heavy atom. The van der Waals surface area contributed by atoms with Crippen LogP contribution in [0, 0.1) is 15.9 Å². The second-order valence-electron chi connectivity index (χ2n) is 4.60. The van der Waals surface area contributed by atoms with Gasteiger partial charge in [-0.15, -0.1) is 0 Å². The standard InChI is InChI=1S/C12H15FN4O3/c13-11-8(2-1-3-9(11)17(19)20)7-16-5-4-15-6-10(16)12(14)18/h1-3,10,15H,4-7H2,(H2,14,18). The van der Waals surface area contributed by atoms with Crippen molar-refractivity contribution in [2.24, 2.45) is 5.73 Å². The molecule has 0 radical (unpaired) electrons. The van der Waals surface area contributed by atoms with Gasteiger partial charge in [0.05, 0.1) is 4.92 Å². The quantitative estimate of drug-likeness (QED) is 0.597. The van der Waals surface area contributed by atoms with Crippen LogP contribution in [-0.2, 0) is 11.3 Å². The molecule has 0 aliphatic carbocycles. The topological polar surface area (TPSA) is 102 Å². The second-order valence-corrected chi connectivity index (χ2v) is 4.60. The number of nitrogens with one attached hydrogen (secondary N) is 1. The third-order valence-corrected chi connectivity index (χ3v) is 3.31. The van der Waals surface area contributed by atoms with Crippen LogP contribution in [0.3, 0.4) is 0 Å². The number of piperazine rings is 1. The summed E-state index contributed by atoms with van der Waals surface area (Å²) in [6, 6.07) is 3.48. The summed E-state index contributed by atoms with van der Waals surface area (Å²) in [6.45, 7) is 1.69. The molecule has 1 fully saturated rings. The Balaban J connectivity index is 2.22. The predicted octanol–water partition coefficient (Wildman–Crippen LogP) is -0.00700. The van der Waals surface area contributed by atoms with E-state index in [0.717, 1.165) is 6.07 Å². The molecule has 1 atom stereocenters. The van der Waals surface area contributed by atoms with Crippen molar-refractivity contribution in [1.29, 1.82) is 0 Å². The van der Waals surface area contributed by atoms with E-state index in [2.05, 4.69) is 5.32 Å². The Kier molecular flexibility index (Phi) is 4.26. The molecule has 3 N–H and O–H groups in total. The lowest BCUT2D eigenvalue weighted by atomic mass is 10.1. The minimum Gasteiger partial charge on any atom is -0.368 e. The molecule has 0 bridgehead atoms. The first-order valence-corrected chi connectivity index (χ1v) is 6.16. The van der Waals surface area contributed by atoms with Gasteiger partial charge in [0.2, 0.25) is 11.7 Å². The van der Waals surface area contributed by atoms with E-state index in [0.29, 0.717) is 19.6 Å². The van der Waals surface area contributed by atoms with Crippen LogP contribution in [0.5, 0.6) is 0 Å². The van der Waals surface area contributed by atoms with Gasteiger partial charge in [0, 0.05) is 37.8 Å². The van der Waals surface area contributed by atoms with Gasteiger partial charge in [0.25, 0.3) is 0 Å². The van der Waals surface area contributed by atoms with E-state index < -0.39 is 28.4 Å². The summed E-state index contributed by atoms with van der Waals surface area (Å²) in [6.07, 6.45) is 0. The number of halogens is 1. The van der Waals surface area contributed by atoms with Crippen molar-refractivity contribution in [3.63, 3.8) is 0 Å². The maximum absolute atomic E-state index is 14.0. The lowest BCUT2D eigenvalue weighted by molar-refractivity contribution is -0.387. The highest BCUT2D eigenvalue weighted by Gasteiger charge is 2.28. The highest BCUT2D eigenvalue weighted by molar-refractivity contribution is 5.80. The highest BCUT2D eigenvalue weighted by Crippen LogP contribution is 2.22. The normalized spacial score (nSPS) is 19.8. The molecule has 0 spiro atoms. The number of amides is 1. The summed E-state index contributed by atoms with van der Waals surface area (Å²) >= 11 is 0. The van der Waals surface area contributed by atoms with Gasteiger partial charge in [-0.1, -0.05) is 12.1 Å². The average Bonchev–Trinajstić information content (AvgIpc) is 2.41. The SMILES string of the molecule is NC(=O)C1CNCCN1Cc1cccc([N+](=O)[O-])c1F.